The van der Waals surface area contributed by atoms with Gasteiger partial charge in [0.2, 0.25) is 0 Å². The molecule has 5 heteroatoms. The maximum absolute atomic E-state index is 12.0. The van der Waals surface area contributed by atoms with Crippen LogP contribution in [0.1, 0.15) is 17.3 Å². The molecule has 0 radical (unpaired) electrons. The third kappa shape index (κ3) is 6.29. The lowest BCUT2D eigenvalue weighted by atomic mass is 10.1. The number of hydrogen-bond donors (Lipinski definition) is 0. The fourth-order valence-electron chi connectivity index (χ4n) is 1.45. The lowest BCUT2D eigenvalue weighted by molar-refractivity contribution is 0.00355. The quantitative estimate of drug-likeness (QED) is 0.516. The molecule has 0 N–H and O–H groups in total. The Morgan fingerprint density at radius 2 is 1.79 bits per heavy atom. The summed E-state index contributed by atoms with van der Waals surface area (Å²) in [5.74, 6) is -0.0237. The van der Waals surface area contributed by atoms with E-state index in [9.17, 15) is 4.79 Å². The Hall–Kier alpha value is -0.750. The average molecular weight is 331 g/mol. The van der Waals surface area contributed by atoms with Crippen molar-refractivity contribution in [3.05, 3.63) is 34.3 Å². The molecule has 1 aromatic carbocycles. The molecule has 0 aliphatic heterocycles. The van der Waals surface area contributed by atoms with Crippen LogP contribution in [-0.2, 0) is 14.2 Å². The number of Topliss-reactive ketones (excluding diaryl/α,β-unsaturated/α-hetero) is 1. The van der Waals surface area contributed by atoms with E-state index in [-0.39, 0.29) is 5.78 Å². The van der Waals surface area contributed by atoms with Gasteiger partial charge in [0, 0.05) is 17.1 Å². The molecule has 0 fully saturated rings. The first-order valence-corrected chi connectivity index (χ1v) is 6.92. The number of benzene rings is 1. The van der Waals surface area contributed by atoms with Crippen LogP contribution in [0.3, 0.4) is 0 Å². The van der Waals surface area contributed by atoms with E-state index in [1.54, 1.807) is 26.2 Å². The molecular weight excluding hydrogens is 312 g/mol. The number of ketones is 1. The zero-order chi connectivity index (χ0) is 14.1. The lowest BCUT2D eigenvalue weighted by Gasteiger charge is -2.12. The van der Waals surface area contributed by atoms with Crippen LogP contribution in [0.25, 0.3) is 0 Å². The molecule has 1 unspecified atom stereocenters. The van der Waals surface area contributed by atoms with Gasteiger partial charge in [0.25, 0.3) is 0 Å². The fraction of sp³-hybridized carbons (Fsp3) is 0.500. The molecule has 0 aromatic heterocycles. The van der Waals surface area contributed by atoms with Gasteiger partial charge in [0.05, 0.1) is 26.4 Å². The van der Waals surface area contributed by atoms with Crippen LogP contribution < -0.4 is 0 Å². The van der Waals surface area contributed by atoms with Gasteiger partial charge in [-0.25, -0.2) is 0 Å². The number of hydrogen-bond acceptors (Lipinski definition) is 4. The highest BCUT2D eigenvalue weighted by atomic mass is 79.9. The normalized spacial score (nSPS) is 12.4. The molecule has 0 spiro atoms. The molecule has 0 heterocycles. The first-order chi connectivity index (χ1) is 9.15. The molecule has 1 aromatic rings. The molecule has 1 atom stereocenters. The third-order valence-corrected chi connectivity index (χ3v) is 3.05. The molecule has 0 aliphatic carbocycles. The van der Waals surface area contributed by atoms with Gasteiger partial charge in [0.15, 0.2) is 5.78 Å². The number of carbonyl (C=O) groups is 1. The summed E-state index contributed by atoms with van der Waals surface area (Å²) >= 11 is 3.33. The number of carbonyl (C=O) groups excluding carboxylic acids is 1. The van der Waals surface area contributed by atoms with Crippen molar-refractivity contribution in [2.24, 2.45) is 0 Å². The highest BCUT2D eigenvalue weighted by Gasteiger charge is 2.15. The van der Waals surface area contributed by atoms with Crippen molar-refractivity contribution in [2.75, 3.05) is 33.5 Å². The van der Waals surface area contributed by atoms with E-state index in [2.05, 4.69) is 15.9 Å². The number of rotatable bonds is 9. The minimum Gasteiger partial charge on any atom is -0.382 e. The largest absolute Gasteiger partial charge is 0.382 e. The standard InChI is InChI=1S/C14H19BrO4/c1-11(19-10-9-18-8-7-17-2)14(16)12-3-5-13(15)6-4-12/h3-6,11H,7-10H2,1-2H3. The van der Waals surface area contributed by atoms with Crippen molar-refractivity contribution in [3.8, 4) is 0 Å². The van der Waals surface area contributed by atoms with E-state index in [0.29, 0.717) is 32.0 Å². The summed E-state index contributed by atoms with van der Waals surface area (Å²) in [6, 6.07) is 7.24. The van der Waals surface area contributed by atoms with Crippen molar-refractivity contribution in [1.29, 1.82) is 0 Å². The second-order valence-corrected chi connectivity index (χ2v) is 4.91. The van der Waals surface area contributed by atoms with E-state index in [1.807, 2.05) is 12.1 Å². The summed E-state index contributed by atoms with van der Waals surface area (Å²) in [7, 11) is 1.62. The van der Waals surface area contributed by atoms with Gasteiger partial charge >= 0.3 is 0 Å². The zero-order valence-corrected chi connectivity index (χ0v) is 12.8. The van der Waals surface area contributed by atoms with Gasteiger partial charge in [-0.2, -0.15) is 0 Å². The average Bonchev–Trinajstić information content (AvgIpc) is 2.42. The molecule has 1 rings (SSSR count). The van der Waals surface area contributed by atoms with Crippen molar-refractivity contribution >= 4 is 21.7 Å². The van der Waals surface area contributed by atoms with Crippen LogP contribution in [-0.4, -0.2) is 45.4 Å². The fourth-order valence-corrected chi connectivity index (χ4v) is 1.72. The molecule has 4 nitrogen and oxygen atoms in total. The SMILES string of the molecule is COCCOCCOC(C)C(=O)c1ccc(Br)cc1. The van der Waals surface area contributed by atoms with Crippen LogP contribution in [0.2, 0.25) is 0 Å². The second kappa shape index (κ2) is 9.20. The molecule has 0 aliphatic rings. The van der Waals surface area contributed by atoms with Crippen molar-refractivity contribution in [1.82, 2.24) is 0 Å². The summed E-state index contributed by atoms with van der Waals surface area (Å²) in [5.41, 5.74) is 0.649. The van der Waals surface area contributed by atoms with Crippen molar-refractivity contribution in [3.63, 3.8) is 0 Å². The number of methoxy groups -OCH3 is 1. The predicted molar refractivity (Wildman–Crippen MR) is 76.6 cm³/mol. The Morgan fingerprint density at radius 3 is 2.42 bits per heavy atom. The third-order valence-electron chi connectivity index (χ3n) is 2.53. The summed E-state index contributed by atoms with van der Waals surface area (Å²) in [6.07, 6.45) is -0.466. The highest BCUT2D eigenvalue weighted by molar-refractivity contribution is 9.10. The monoisotopic (exact) mass is 330 g/mol. The van der Waals surface area contributed by atoms with Gasteiger partial charge in [-0.15, -0.1) is 0 Å². The van der Waals surface area contributed by atoms with Gasteiger partial charge in [-0.1, -0.05) is 28.1 Å². The van der Waals surface area contributed by atoms with Crippen LogP contribution >= 0.6 is 15.9 Å². The van der Waals surface area contributed by atoms with Crippen molar-refractivity contribution in [2.45, 2.75) is 13.0 Å². The van der Waals surface area contributed by atoms with E-state index in [4.69, 9.17) is 14.2 Å². The first kappa shape index (κ1) is 16.3. The summed E-state index contributed by atoms with van der Waals surface area (Å²) in [6.45, 7) is 3.70. The van der Waals surface area contributed by atoms with E-state index in [1.165, 1.54) is 0 Å². The van der Waals surface area contributed by atoms with E-state index < -0.39 is 6.10 Å². The Labute approximate surface area is 122 Å². The minimum absolute atomic E-state index is 0.0237. The number of ether oxygens (including phenoxy) is 3. The summed E-state index contributed by atoms with van der Waals surface area (Å²) < 4.78 is 16.5. The molecule has 0 saturated carbocycles. The van der Waals surface area contributed by atoms with Gasteiger partial charge < -0.3 is 14.2 Å². The minimum atomic E-state index is -0.466. The summed E-state index contributed by atoms with van der Waals surface area (Å²) in [4.78, 5) is 12.0. The molecule has 0 bridgehead atoms. The Balaban J connectivity index is 2.27. The molecule has 0 saturated heterocycles. The van der Waals surface area contributed by atoms with Crippen molar-refractivity contribution < 1.29 is 19.0 Å². The highest BCUT2D eigenvalue weighted by Crippen LogP contribution is 2.12. The topological polar surface area (TPSA) is 44.8 Å². The van der Waals surface area contributed by atoms with Crippen LogP contribution in [0.5, 0.6) is 0 Å². The maximum atomic E-state index is 12.0. The van der Waals surface area contributed by atoms with Gasteiger partial charge in [-0.05, 0) is 19.1 Å². The molecule has 0 amide bonds. The smallest absolute Gasteiger partial charge is 0.191 e. The molecular formula is C14H19BrO4. The van der Waals surface area contributed by atoms with E-state index in [0.717, 1.165) is 4.47 Å². The van der Waals surface area contributed by atoms with Gasteiger partial charge in [0.1, 0.15) is 6.10 Å². The lowest BCUT2D eigenvalue weighted by Crippen LogP contribution is -2.23. The Kier molecular flexibility index (Phi) is 7.90. The maximum Gasteiger partial charge on any atom is 0.191 e. The summed E-state index contributed by atoms with van der Waals surface area (Å²) in [5, 5.41) is 0. The van der Waals surface area contributed by atoms with Crippen LogP contribution in [0.4, 0.5) is 0 Å². The Morgan fingerprint density at radius 1 is 1.16 bits per heavy atom. The van der Waals surface area contributed by atoms with Crippen LogP contribution in [0, 0.1) is 0 Å². The molecule has 19 heavy (non-hydrogen) atoms. The van der Waals surface area contributed by atoms with Gasteiger partial charge in [-0.3, -0.25) is 4.79 Å². The zero-order valence-electron chi connectivity index (χ0n) is 11.2. The Bertz CT molecular complexity index is 378. The molecule has 106 valence electrons. The first-order valence-electron chi connectivity index (χ1n) is 6.13. The second-order valence-electron chi connectivity index (χ2n) is 3.99. The predicted octanol–water partition coefficient (Wildman–Crippen LogP) is 2.70. The number of halogens is 1. The van der Waals surface area contributed by atoms with E-state index >= 15 is 0 Å². The van der Waals surface area contributed by atoms with Crippen LogP contribution in [0.15, 0.2) is 28.7 Å².